The third-order valence-corrected chi connectivity index (χ3v) is 11.0. The van der Waals surface area contributed by atoms with E-state index >= 15 is 0 Å². The Bertz CT molecular complexity index is 2110. The van der Waals surface area contributed by atoms with Gasteiger partial charge in [0.2, 0.25) is 0 Å². The first kappa shape index (κ1) is 75.4. The Morgan fingerprint density at radius 3 is 0.930 bits per heavy atom. The molecule has 0 aliphatic heterocycles. The van der Waals surface area contributed by atoms with Gasteiger partial charge in [-0.3, -0.25) is 0 Å². The van der Waals surface area contributed by atoms with Crippen molar-refractivity contribution in [1.82, 2.24) is 0 Å². The summed E-state index contributed by atoms with van der Waals surface area (Å²) in [5.74, 6) is -0.202. The van der Waals surface area contributed by atoms with Crippen LogP contribution in [0.1, 0.15) is 240 Å². The molecule has 402 valence electrons. The first-order chi connectivity index (χ1) is 32.6. The maximum atomic E-state index is 13.4. The summed E-state index contributed by atoms with van der Waals surface area (Å²) in [5, 5.41) is 0. The molecule has 71 heavy (non-hydrogen) atoms. The quantitative estimate of drug-likeness (QED) is 0.136. The van der Waals surface area contributed by atoms with Crippen LogP contribution in [0.5, 0.6) is 0 Å². The number of aryl methyl sites for hydroxylation is 6. The molecule has 0 N–H and O–H groups in total. The molecule has 0 saturated carbocycles. The van der Waals surface area contributed by atoms with E-state index in [2.05, 4.69) is 184 Å². The minimum atomic E-state index is -0.109. The molecular weight excluding hydrogens is 869 g/mol. The van der Waals surface area contributed by atoms with Crippen LogP contribution in [0.4, 0.5) is 14.5 Å². The largest absolute Gasteiger partial charge is 0.238 e. The van der Waals surface area contributed by atoms with E-state index in [4.69, 9.17) is 6.57 Å². The van der Waals surface area contributed by atoms with Crippen molar-refractivity contribution in [2.75, 3.05) is 0 Å². The molecule has 0 aliphatic rings. The molecular formula is C68H111F2N. The van der Waals surface area contributed by atoms with Crippen LogP contribution in [0.2, 0.25) is 0 Å². The van der Waals surface area contributed by atoms with Gasteiger partial charge in [0.25, 0.3) is 0 Å². The first-order valence-electron chi connectivity index (χ1n) is 26.8. The Hall–Kier alpha value is -4.55. The molecule has 0 unspecified atom stereocenters. The standard InChI is InChI=1S/C12H17F.C12H15N.C12H18.C11H15F.C11H16.5C2H6/c1-8-6-10(12(3,4)5)7-11(13)9(8)2;1-9-6-7-10(12(2,3)4)8-11(9)13-5;1-9-6-7-11(8-10(9)2)12(3,4)5;1-8-5-6-9(7-10(8)12)11(2,3)4;1-9-5-7-10(8-6-9)11(2,3)4;5*1-2/h6-7H,1-5H3;6-8H,1-4H3;6-8H,1-5H3;5-7H,1-4H3;5-8H,1-4H3;5*1-2H3. The zero-order valence-corrected chi connectivity index (χ0v) is 52.4. The van der Waals surface area contributed by atoms with E-state index < -0.39 is 0 Å². The molecule has 1 nitrogen and oxygen atoms in total. The molecule has 0 aromatic heterocycles. The lowest BCUT2D eigenvalue weighted by Crippen LogP contribution is -2.12. The zero-order valence-electron chi connectivity index (χ0n) is 52.4. The Kier molecular flexibility index (Phi) is 38.6. The average molecular weight is 981 g/mol. The number of hydrogen-bond acceptors (Lipinski definition) is 0. The predicted octanol–water partition coefficient (Wildman–Crippen LogP) is 23.0. The van der Waals surface area contributed by atoms with Crippen LogP contribution in [0.15, 0.2) is 91.0 Å². The van der Waals surface area contributed by atoms with Crippen LogP contribution < -0.4 is 0 Å². The van der Waals surface area contributed by atoms with Gasteiger partial charge in [-0.15, -0.1) is 0 Å². The number of halogens is 2. The number of nitrogens with zero attached hydrogens (tertiary/aromatic N) is 1. The fourth-order valence-corrected chi connectivity index (χ4v) is 5.77. The minimum absolute atomic E-state index is 0.0271. The summed E-state index contributed by atoms with van der Waals surface area (Å²) in [5.41, 5.74) is 15.4. The summed E-state index contributed by atoms with van der Waals surface area (Å²) < 4.78 is 26.5. The predicted molar refractivity (Wildman–Crippen MR) is 322 cm³/mol. The van der Waals surface area contributed by atoms with Gasteiger partial charge >= 0.3 is 0 Å². The van der Waals surface area contributed by atoms with E-state index in [1.165, 1.54) is 33.4 Å². The van der Waals surface area contributed by atoms with Crippen LogP contribution >= 0.6 is 0 Å². The highest BCUT2D eigenvalue weighted by molar-refractivity contribution is 5.54. The van der Waals surface area contributed by atoms with E-state index in [1.54, 1.807) is 19.1 Å². The molecule has 0 fully saturated rings. The van der Waals surface area contributed by atoms with Gasteiger partial charge in [-0.2, -0.15) is 0 Å². The third-order valence-electron chi connectivity index (χ3n) is 11.0. The van der Waals surface area contributed by atoms with Crippen molar-refractivity contribution in [3.8, 4) is 0 Å². The topological polar surface area (TPSA) is 4.36 Å². The van der Waals surface area contributed by atoms with Gasteiger partial charge in [-0.1, -0.05) is 263 Å². The molecule has 3 heteroatoms. The van der Waals surface area contributed by atoms with Crippen molar-refractivity contribution < 1.29 is 8.78 Å². The molecule has 5 aromatic rings. The lowest BCUT2D eigenvalue weighted by molar-refractivity contribution is 0.567. The van der Waals surface area contributed by atoms with Crippen molar-refractivity contribution in [3.05, 3.63) is 181 Å². The molecule has 0 heterocycles. The SMILES string of the molecule is CC.CC.CC.CC.CC.Cc1cc(C(C)(C)C)cc(F)c1C.Cc1ccc(C(C)(C)C)cc1.Cc1ccc(C(C)(C)C)cc1C.Cc1ccc(C(C)(C)C)cc1F.[C-]#[N+]c1cc(C(C)(C)C)ccc1C. The van der Waals surface area contributed by atoms with Gasteiger partial charge in [-0.05, 0) is 143 Å². The highest BCUT2D eigenvalue weighted by Gasteiger charge is 2.18. The van der Waals surface area contributed by atoms with Gasteiger partial charge in [0.1, 0.15) is 11.6 Å². The Labute approximate surface area is 442 Å². The molecule has 0 radical (unpaired) electrons. The van der Waals surface area contributed by atoms with Crippen molar-refractivity contribution in [2.24, 2.45) is 0 Å². The molecule has 0 saturated heterocycles. The molecule has 0 spiro atoms. The number of rotatable bonds is 0. The average Bonchev–Trinajstić information content (AvgIpc) is 3.30. The highest BCUT2D eigenvalue weighted by Crippen LogP contribution is 2.29. The highest BCUT2D eigenvalue weighted by atomic mass is 19.1. The van der Waals surface area contributed by atoms with E-state index in [1.807, 2.05) is 114 Å². The second-order valence-electron chi connectivity index (χ2n) is 21.9. The van der Waals surface area contributed by atoms with E-state index in [0.717, 1.165) is 33.5 Å². The Morgan fingerprint density at radius 1 is 0.310 bits per heavy atom. The van der Waals surface area contributed by atoms with Crippen LogP contribution in [-0.2, 0) is 27.1 Å². The third kappa shape index (κ3) is 30.8. The van der Waals surface area contributed by atoms with Crippen LogP contribution in [0, 0.1) is 66.7 Å². The van der Waals surface area contributed by atoms with E-state index in [9.17, 15) is 8.78 Å². The van der Waals surface area contributed by atoms with Gasteiger partial charge < -0.3 is 0 Å². The summed E-state index contributed by atoms with van der Waals surface area (Å²) in [4.78, 5) is 3.49. The maximum absolute atomic E-state index is 13.4. The molecule has 0 amide bonds. The summed E-state index contributed by atoms with van der Waals surface area (Å²) >= 11 is 0. The van der Waals surface area contributed by atoms with Crippen LogP contribution in [0.3, 0.4) is 0 Å². The van der Waals surface area contributed by atoms with Crippen molar-refractivity contribution >= 4 is 5.69 Å². The van der Waals surface area contributed by atoms with Crippen molar-refractivity contribution in [2.45, 2.75) is 249 Å². The summed E-state index contributed by atoms with van der Waals surface area (Å²) in [6.07, 6.45) is 0. The zero-order chi connectivity index (χ0) is 57.5. The Balaban J connectivity index is -0.000000244. The van der Waals surface area contributed by atoms with E-state index in [-0.39, 0.29) is 38.7 Å². The van der Waals surface area contributed by atoms with Gasteiger partial charge in [-0.25, -0.2) is 13.6 Å². The normalized spacial score (nSPS) is 10.4. The van der Waals surface area contributed by atoms with Gasteiger partial charge in [0.15, 0.2) is 5.69 Å². The lowest BCUT2D eigenvalue weighted by Gasteiger charge is -2.20. The fraction of sp³-hybridized carbons (Fsp3) is 0.544. The smallest absolute Gasteiger partial charge is 0.190 e. The molecule has 5 rings (SSSR count). The van der Waals surface area contributed by atoms with E-state index in [0.29, 0.717) is 5.56 Å². The minimum Gasteiger partial charge on any atom is -0.238 e. The molecule has 5 aromatic carbocycles. The van der Waals surface area contributed by atoms with Gasteiger partial charge in [0, 0.05) is 0 Å². The summed E-state index contributed by atoms with van der Waals surface area (Å²) in [6, 6.07) is 30.7. The number of hydrogen-bond donors (Lipinski definition) is 0. The van der Waals surface area contributed by atoms with Crippen molar-refractivity contribution in [1.29, 1.82) is 0 Å². The summed E-state index contributed by atoms with van der Waals surface area (Å²) in [6.45, 7) is 73.4. The van der Waals surface area contributed by atoms with Crippen LogP contribution in [-0.4, -0.2) is 0 Å². The lowest BCUT2D eigenvalue weighted by atomic mass is 9.85. The monoisotopic (exact) mass is 980 g/mol. The second-order valence-corrected chi connectivity index (χ2v) is 21.9. The maximum Gasteiger partial charge on any atom is 0.190 e. The molecule has 0 aliphatic carbocycles. The summed E-state index contributed by atoms with van der Waals surface area (Å²) in [7, 11) is 0. The Morgan fingerprint density at radius 2 is 0.606 bits per heavy atom. The number of benzene rings is 5. The molecule has 0 atom stereocenters. The van der Waals surface area contributed by atoms with Gasteiger partial charge in [0.05, 0.1) is 6.57 Å². The molecule has 0 bridgehead atoms. The van der Waals surface area contributed by atoms with Crippen molar-refractivity contribution in [3.63, 3.8) is 0 Å². The second kappa shape index (κ2) is 36.4. The first-order valence-corrected chi connectivity index (χ1v) is 26.8. The fourth-order valence-electron chi connectivity index (χ4n) is 5.77. The van der Waals surface area contributed by atoms with Crippen LogP contribution in [0.25, 0.3) is 4.85 Å².